The highest BCUT2D eigenvalue weighted by Crippen LogP contribution is 2.12. The van der Waals surface area contributed by atoms with Gasteiger partial charge in [0.15, 0.2) is 0 Å². The van der Waals surface area contributed by atoms with Gasteiger partial charge in [0.25, 0.3) is 0 Å². The smallest absolute Gasteiger partial charge is 0.124 e. The van der Waals surface area contributed by atoms with E-state index in [1.807, 2.05) is 0 Å². The summed E-state index contributed by atoms with van der Waals surface area (Å²) in [6.07, 6.45) is 0. The summed E-state index contributed by atoms with van der Waals surface area (Å²) in [4.78, 5) is 0. The van der Waals surface area contributed by atoms with Crippen molar-refractivity contribution in [3.8, 4) is 0 Å². The molecule has 0 nitrogen and oxygen atoms in total. The van der Waals surface area contributed by atoms with Crippen molar-refractivity contribution >= 4 is 46.9 Å². The molecule has 0 fully saturated rings. The van der Waals surface area contributed by atoms with Crippen LogP contribution in [0, 0.1) is 0 Å². The molecular formula is C20H24SSi2. The van der Waals surface area contributed by atoms with Crippen LogP contribution >= 0.6 is 11.3 Å². The molecular weight excluding hydrogens is 328 g/mol. The molecule has 1 heterocycles. The van der Waals surface area contributed by atoms with Gasteiger partial charge in [0.05, 0.1) is 0 Å². The molecule has 0 amide bonds. The number of rotatable bonds is 4. The van der Waals surface area contributed by atoms with Gasteiger partial charge in [0, 0.05) is 0 Å². The topological polar surface area (TPSA) is 0 Å². The van der Waals surface area contributed by atoms with Crippen LogP contribution in [0.4, 0.5) is 0 Å². The van der Waals surface area contributed by atoms with Crippen LogP contribution in [0.5, 0.6) is 0 Å². The predicted octanol–water partition coefficient (Wildman–Crippen LogP) is 3.39. The zero-order valence-electron chi connectivity index (χ0n) is 14.3. The molecule has 0 atom stereocenters. The fourth-order valence-corrected chi connectivity index (χ4v) is 10.8. The van der Waals surface area contributed by atoms with Gasteiger partial charge in [-0.1, -0.05) is 109 Å². The maximum Gasteiger partial charge on any atom is 0.124 e. The Labute approximate surface area is 145 Å². The summed E-state index contributed by atoms with van der Waals surface area (Å²) in [6, 6.07) is 26.9. The second kappa shape index (κ2) is 6.23. The van der Waals surface area contributed by atoms with Crippen LogP contribution < -0.4 is 19.4 Å². The van der Waals surface area contributed by atoms with Crippen molar-refractivity contribution < 1.29 is 0 Å². The minimum Gasteiger partial charge on any atom is -0.154 e. The lowest BCUT2D eigenvalue weighted by molar-refractivity contribution is 1.71. The van der Waals surface area contributed by atoms with E-state index in [0.717, 1.165) is 0 Å². The third-order valence-electron chi connectivity index (χ3n) is 4.83. The van der Waals surface area contributed by atoms with Crippen molar-refractivity contribution in [2.75, 3.05) is 0 Å². The van der Waals surface area contributed by atoms with Crippen LogP contribution in [0.25, 0.3) is 0 Å². The van der Waals surface area contributed by atoms with Crippen molar-refractivity contribution in [3.05, 3.63) is 72.8 Å². The van der Waals surface area contributed by atoms with E-state index in [1.165, 1.54) is 10.4 Å². The van der Waals surface area contributed by atoms with Gasteiger partial charge in [-0.05, 0) is 9.00 Å². The average molecular weight is 353 g/mol. The van der Waals surface area contributed by atoms with E-state index >= 15 is 0 Å². The molecule has 0 spiro atoms. The van der Waals surface area contributed by atoms with Crippen LogP contribution in [0.3, 0.4) is 0 Å². The van der Waals surface area contributed by atoms with Crippen LogP contribution in [0.15, 0.2) is 72.8 Å². The third kappa shape index (κ3) is 3.14. The Kier molecular flexibility index (Phi) is 4.45. The van der Waals surface area contributed by atoms with Gasteiger partial charge in [-0.2, -0.15) is 11.3 Å². The normalized spacial score (nSPS) is 12.3. The first-order valence-electron chi connectivity index (χ1n) is 8.14. The van der Waals surface area contributed by atoms with E-state index in [9.17, 15) is 0 Å². The number of benzene rings is 2. The summed E-state index contributed by atoms with van der Waals surface area (Å²) in [5.41, 5.74) is 0. The summed E-state index contributed by atoms with van der Waals surface area (Å²) >= 11 is 2.06. The molecule has 3 aromatic rings. The van der Waals surface area contributed by atoms with Crippen LogP contribution in [-0.2, 0) is 0 Å². The largest absolute Gasteiger partial charge is 0.154 e. The average Bonchev–Trinajstić information content (AvgIpc) is 3.08. The molecule has 2 aromatic carbocycles. The Hall–Kier alpha value is -1.43. The quantitative estimate of drug-likeness (QED) is 0.631. The first kappa shape index (κ1) is 16.4. The molecule has 0 unspecified atom stereocenters. The van der Waals surface area contributed by atoms with Crippen molar-refractivity contribution in [2.45, 2.75) is 26.2 Å². The first-order valence-corrected chi connectivity index (χ1v) is 15.0. The minimum absolute atomic E-state index is 1.52. The zero-order valence-corrected chi connectivity index (χ0v) is 17.2. The van der Waals surface area contributed by atoms with Gasteiger partial charge in [0.1, 0.15) is 16.1 Å². The van der Waals surface area contributed by atoms with Crippen molar-refractivity contribution in [2.24, 2.45) is 0 Å². The van der Waals surface area contributed by atoms with Gasteiger partial charge in [0.2, 0.25) is 0 Å². The van der Waals surface area contributed by atoms with Crippen LogP contribution in [0.1, 0.15) is 0 Å². The lowest BCUT2D eigenvalue weighted by atomic mass is 10.4. The Morgan fingerprint density at radius 3 is 1.22 bits per heavy atom. The van der Waals surface area contributed by atoms with Crippen molar-refractivity contribution in [3.63, 3.8) is 0 Å². The monoisotopic (exact) mass is 352 g/mol. The van der Waals surface area contributed by atoms with E-state index in [-0.39, 0.29) is 0 Å². The number of hydrogen-bond acceptors (Lipinski definition) is 1. The lowest BCUT2D eigenvalue weighted by Gasteiger charge is -2.23. The third-order valence-corrected chi connectivity index (χ3v) is 15.6. The van der Waals surface area contributed by atoms with Crippen molar-refractivity contribution in [1.82, 2.24) is 0 Å². The molecule has 3 rings (SSSR count). The van der Waals surface area contributed by atoms with Gasteiger partial charge in [-0.15, -0.1) is 0 Å². The molecule has 118 valence electrons. The molecule has 0 bridgehead atoms. The van der Waals surface area contributed by atoms with E-state index in [0.29, 0.717) is 0 Å². The minimum atomic E-state index is -1.57. The Balaban J connectivity index is 1.98. The fourth-order valence-electron chi connectivity index (χ4n) is 3.00. The highest BCUT2D eigenvalue weighted by Gasteiger charge is 2.32. The molecule has 0 saturated carbocycles. The maximum absolute atomic E-state index is 2.47. The van der Waals surface area contributed by atoms with E-state index in [2.05, 4.69) is 110 Å². The second-order valence-electron chi connectivity index (χ2n) is 7.15. The lowest BCUT2D eigenvalue weighted by Crippen LogP contribution is -2.53. The molecule has 0 aliphatic carbocycles. The Bertz CT molecular complexity index is 708. The summed E-state index contributed by atoms with van der Waals surface area (Å²) in [5, 5.41) is 3.04. The molecule has 23 heavy (non-hydrogen) atoms. The molecule has 3 heteroatoms. The second-order valence-corrected chi connectivity index (χ2v) is 17.7. The van der Waals surface area contributed by atoms with Gasteiger partial charge in [-0.3, -0.25) is 0 Å². The van der Waals surface area contributed by atoms with E-state index < -0.39 is 16.1 Å². The Morgan fingerprint density at radius 2 is 0.870 bits per heavy atom. The first-order chi connectivity index (χ1) is 10.9. The van der Waals surface area contributed by atoms with Crippen LogP contribution in [0.2, 0.25) is 26.2 Å². The summed E-state index contributed by atoms with van der Waals surface area (Å²) in [5.74, 6) is 0. The SMILES string of the molecule is C[Si](C)(c1ccccc1)c1ccc([Si](C)(C)c2ccccc2)s1. The van der Waals surface area contributed by atoms with Crippen molar-refractivity contribution in [1.29, 1.82) is 0 Å². The molecule has 0 saturated heterocycles. The summed E-state index contributed by atoms with van der Waals surface area (Å²) in [6.45, 7) is 9.87. The molecule has 0 N–H and O–H groups in total. The highest BCUT2D eigenvalue weighted by atomic mass is 32.1. The number of hydrogen-bond donors (Lipinski definition) is 0. The number of thiophene rings is 1. The van der Waals surface area contributed by atoms with Gasteiger partial charge in [-0.25, -0.2) is 0 Å². The maximum atomic E-state index is 2.47. The predicted molar refractivity (Wildman–Crippen MR) is 111 cm³/mol. The van der Waals surface area contributed by atoms with Gasteiger partial charge < -0.3 is 0 Å². The highest BCUT2D eigenvalue weighted by molar-refractivity contribution is 7.38. The molecule has 1 aromatic heterocycles. The Morgan fingerprint density at radius 1 is 0.522 bits per heavy atom. The zero-order chi connectivity index (χ0) is 16.5. The molecule has 0 aliphatic heterocycles. The van der Waals surface area contributed by atoms with E-state index in [4.69, 9.17) is 0 Å². The molecule has 0 radical (unpaired) electrons. The van der Waals surface area contributed by atoms with Gasteiger partial charge >= 0.3 is 0 Å². The fraction of sp³-hybridized carbons (Fsp3) is 0.200. The van der Waals surface area contributed by atoms with Crippen LogP contribution in [-0.4, -0.2) is 16.1 Å². The molecule has 0 aliphatic rings. The standard InChI is InChI=1S/C20H24SSi2/c1-22(2,17-11-7-5-8-12-17)19-15-16-20(21-19)23(3,4)18-13-9-6-10-14-18/h5-16H,1-4H3. The van der Waals surface area contributed by atoms with E-state index in [1.54, 1.807) is 9.00 Å². The summed E-state index contributed by atoms with van der Waals surface area (Å²) in [7, 11) is -3.15. The summed E-state index contributed by atoms with van der Waals surface area (Å²) < 4.78 is 3.19.